The molecule has 1 N–H and O–H groups in total. The Hall–Kier alpha value is -3.09. The van der Waals surface area contributed by atoms with Gasteiger partial charge in [-0.25, -0.2) is 4.98 Å². The molecule has 0 aliphatic heterocycles. The zero-order valence-corrected chi connectivity index (χ0v) is 26.5. The highest BCUT2D eigenvalue weighted by atomic mass is 35.5. The average Bonchev–Trinajstić information content (AvgIpc) is 3.39. The van der Waals surface area contributed by atoms with Crippen molar-refractivity contribution in [1.82, 2.24) is 10.3 Å². The first kappa shape index (κ1) is 30.9. The molecule has 0 atom stereocenters. The zero-order chi connectivity index (χ0) is 29.6. The molecule has 2 aromatic heterocycles. The molecule has 4 aromatic rings. The maximum absolute atomic E-state index is 13.3. The number of para-hydroxylation sites is 1. The SMILES string of the molecule is CCC(C)(C)Oc1ccc(CCCCNC(=O)c2cc(-c3ccc(Cl)s3)nc3ccccc23)c(OC(C)(C)CC)c1. The normalized spacial score (nSPS) is 12.0. The van der Waals surface area contributed by atoms with Crippen LogP contribution in [-0.4, -0.2) is 28.6 Å². The minimum atomic E-state index is -0.276. The molecule has 0 aliphatic rings. The number of nitrogens with one attached hydrogen (secondary N) is 1. The van der Waals surface area contributed by atoms with Gasteiger partial charge in [0.2, 0.25) is 0 Å². The summed E-state index contributed by atoms with van der Waals surface area (Å²) < 4.78 is 13.4. The van der Waals surface area contributed by atoms with Crippen LogP contribution < -0.4 is 14.8 Å². The number of carbonyl (C=O) groups excluding carboxylic acids is 1. The van der Waals surface area contributed by atoms with Gasteiger partial charge in [0.15, 0.2) is 0 Å². The van der Waals surface area contributed by atoms with E-state index in [0.29, 0.717) is 16.4 Å². The first-order valence-electron chi connectivity index (χ1n) is 14.4. The third kappa shape index (κ3) is 8.23. The van der Waals surface area contributed by atoms with Crippen LogP contribution in [-0.2, 0) is 6.42 Å². The first-order chi connectivity index (χ1) is 19.5. The maximum Gasteiger partial charge on any atom is 0.252 e. The predicted molar refractivity (Wildman–Crippen MR) is 172 cm³/mol. The minimum absolute atomic E-state index is 0.0961. The molecule has 5 nitrogen and oxygen atoms in total. The summed E-state index contributed by atoms with van der Waals surface area (Å²) in [6.45, 7) is 13.2. The summed E-state index contributed by atoms with van der Waals surface area (Å²) in [4.78, 5) is 19.0. The van der Waals surface area contributed by atoms with Crippen LogP contribution in [0.4, 0.5) is 0 Å². The van der Waals surface area contributed by atoms with Gasteiger partial charge < -0.3 is 14.8 Å². The Labute approximate surface area is 253 Å². The number of unbranched alkanes of at least 4 members (excludes halogenated alkanes) is 1. The van der Waals surface area contributed by atoms with E-state index in [0.717, 1.165) is 70.6 Å². The molecular formula is C34H41ClN2O3S. The standard InChI is InChI=1S/C34H41ClN2O3S/c1-7-33(3,4)39-24-17-16-23(29(21-24)40-34(5,6)8-2)13-11-12-20-36-32(38)26-22-28(30-18-19-31(35)41-30)37-27-15-10-9-14-25(26)27/h9-10,14-19,21-22H,7-8,11-13,20H2,1-6H3,(H,36,38). The van der Waals surface area contributed by atoms with Crippen LogP contribution in [0.1, 0.15) is 83.1 Å². The molecule has 0 saturated carbocycles. The van der Waals surface area contributed by atoms with Gasteiger partial charge in [0.1, 0.15) is 22.7 Å². The first-order valence-corrected chi connectivity index (χ1v) is 15.6. The fourth-order valence-corrected chi connectivity index (χ4v) is 5.34. The number of halogens is 1. The van der Waals surface area contributed by atoms with Crippen molar-refractivity contribution in [2.24, 2.45) is 0 Å². The summed E-state index contributed by atoms with van der Waals surface area (Å²) >= 11 is 7.61. The number of amides is 1. The van der Waals surface area contributed by atoms with Crippen molar-refractivity contribution in [3.05, 3.63) is 76.1 Å². The van der Waals surface area contributed by atoms with Crippen molar-refractivity contribution in [2.75, 3.05) is 6.54 Å². The van der Waals surface area contributed by atoms with E-state index in [9.17, 15) is 4.79 Å². The average molecular weight is 593 g/mol. The number of thiophene rings is 1. The van der Waals surface area contributed by atoms with Crippen LogP contribution in [0, 0.1) is 0 Å². The number of aryl methyl sites for hydroxylation is 1. The van der Waals surface area contributed by atoms with Crippen LogP contribution >= 0.6 is 22.9 Å². The van der Waals surface area contributed by atoms with Crippen LogP contribution in [0.15, 0.2) is 60.7 Å². The van der Waals surface area contributed by atoms with Gasteiger partial charge in [-0.3, -0.25) is 4.79 Å². The number of hydrogen-bond donors (Lipinski definition) is 1. The molecule has 4 rings (SSSR count). The number of aromatic nitrogens is 1. The number of rotatable bonds is 13. The summed E-state index contributed by atoms with van der Waals surface area (Å²) in [6, 6.07) is 19.6. The topological polar surface area (TPSA) is 60.5 Å². The van der Waals surface area contributed by atoms with Crippen molar-refractivity contribution in [3.63, 3.8) is 0 Å². The van der Waals surface area contributed by atoms with Gasteiger partial charge in [0.05, 0.1) is 26.0 Å². The lowest BCUT2D eigenvalue weighted by Gasteiger charge is -2.29. The van der Waals surface area contributed by atoms with E-state index in [-0.39, 0.29) is 17.1 Å². The van der Waals surface area contributed by atoms with E-state index in [1.54, 1.807) is 0 Å². The van der Waals surface area contributed by atoms with Crippen LogP contribution in [0.2, 0.25) is 4.34 Å². The Morgan fingerprint density at radius 2 is 1.66 bits per heavy atom. The van der Waals surface area contributed by atoms with Crippen molar-refractivity contribution < 1.29 is 14.3 Å². The van der Waals surface area contributed by atoms with Crippen LogP contribution in [0.5, 0.6) is 11.5 Å². The Balaban J connectivity index is 1.41. The van der Waals surface area contributed by atoms with E-state index in [1.807, 2.05) is 54.6 Å². The number of carbonyl (C=O) groups is 1. The third-order valence-corrected chi connectivity index (χ3v) is 8.72. The second kappa shape index (κ2) is 13.3. The molecular weight excluding hydrogens is 552 g/mol. The molecule has 0 fully saturated rings. The third-order valence-electron chi connectivity index (χ3n) is 7.47. The van der Waals surface area contributed by atoms with E-state index >= 15 is 0 Å². The molecule has 0 radical (unpaired) electrons. The van der Waals surface area contributed by atoms with E-state index in [1.165, 1.54) is 11.3 Å². The fourth-order valence-electron chi connectivity index (χ4n) is 4.34. The molecule has 1 amide bonds. The number of benzene rings is 2. The Morgan fingerprint density at radius 1 is 0.927 bits per heavy atom. The zero-order valence-electron chi connectivity index (χ0n) is 25.0. The quantitative estimate of drug-likeness (QED) is 0.157. The Kier molecular flexibility index (Phi) is 9.98. The van der Waals surface area contributed by atoms with Crippen LogP contribution in [0.3, 0.4) is 0 Å². The fraction of sp³-hybridized carbons (Fsp3) is 0.412. The van der Waals surface area contributed by atoms with E-state index < -0.39 is 0 Å². The largest absolute Gasteiger partial charge is 0.488 e. The van der Waals surface area contributed by atoms with Crippen molar-refractivity contribution >= 4 is 39.7 Å². The van der Waals surface area contributed by atoms with Gasteiger partial charge in [0, 0.05) is 18.0 Å². The second-order valence-electron chi connectivity index (χ2n) is 11.6. The van der Waals surface area contributed by atoms with E-state index in [2.05, 4.69) is 52.9 Å². The van der Waals surface area contributed by atoms with Gasteiger partial charge in [-0.1, -0.05) is 49.7 Å². The molecule has 218 valence electrons. The lowest BCUT2D eigenvalue weighted by molar-refractivity contribution is 0.0942. The summed E-state index contributed by atoms with van der Waals surface area (Å²) in [5.41, 5.74) is 2.80. The smallest absolute Gasteiger partial charge is 0.252 e. The predicted octanol–water partition coefficient (Wildman–Crippen LogP) is 9.50. The molecule has 7 heteroatoms. The van der Waals surface area contributed by atoms with Crippen molar-refractivity contribution in [3.8, 4) is 22.1 Å². The van der Waals surface area contributed by atoms with Gasteiger partial charge in [-0.15, -0.1) is 11.3 Å². The number of pyridine rings is 1. The van der Waals surface area contributed by atoms with Crippen molar-refractivity contribution in [2.45, 2.75) is 84.8 Å². The summed E-state index contributed by atoms with van der Waals surface area (Å²) in [6.07, 6.45) is 4.43. The molecule has 0 unspecified atom stereocenters. The summed E-state index contributed by atoms with van der Waals surface area (Å²) in [5.74, 6) is 1.60. The monoisotopic (exact) mass is 592 g/mol. The number of hydrogen-bond acceptors (Lipinski definition) is 5. The summed E-state index contributed by atoms with van der Waals surface area (Å²) in [5, 5.41) is 3.96. The molecule has 0 spiro atoms. The lowest BCUT2D eigenvalue weighted by atomic mass is 10.0. The maximum atomic E-state index is 13.3. The highest BCUT2D eigenvalue weighted by Gasteiger charge is 2.22. The molecule has 41 heavy (non-hydrogen) atoms. The lowest BCUT2D eigenvalue weighted by Crippen LogP contribution is -2.28. The molecule has 0 saturated heterocycles. The number of fused-ring (bicyclic) bond motifs is 1. The summed E-state index contributed by atoms with van der Waals surface area (Å²) in [7, 11) is 0. The van der Waals surface area contributed by atoms with Gasteiger partial charge >= 0.3 is 0 Å². The molecule has 0 aliphatic carbocycles. The molecule has 0 bridgehead atoms. The van der Waals surface area contributed by atoms with Gasteiger partial charge in [-0.05, 0) is 95.7 Å². The highest BCUT2D eigenvalue weighted by molar-refractivity contribution is 7.19. The van der Waals surface area contributed by atoms with Gasteiger partial charge in [0.25, 0.3) is 5.91 Å². The Morgan fingerprint density at radius 3 is 2.37 bits per heavy atom. The minimum Gasteiger partial charge on any atom is -0.488 e. The number of nitrogens with zero attached hydrogens (tertiary/aromatic N) is 1. The highest BCUT2D eigenvalue weighted by Crippen LogP contribution is 2.34. The van der Waals surface area contributed by atoms with E-state index in [4.69, 9.17) is 26.1 Å². The second-order valence-corrected chi connectivity index (χ2v) is 13.3. The van der Waals surface area contributed by atoms with Crippen molar-refractivity contribution in [1.29, 1.82) is 0 Å². The molecule has 2 aromatic carbocycles. The van der Waals surface area contributed by atoms with Crippen LogP contribution in [0.25, 0.3) is 21.5 Å². The molecule has 2 heterocycles. The number of ether oxygens (including phenoxy) is 2. The Bertz CT molecular complexity index is 1490. The van der Waals surface area contributed by atoms with Gasteiger partial charge in [-0.2, -0.15) is 0 Å².